The molecular formula is C17H18FNO2. The fourth-order valence-corrected chi connectivity index (χ4v) is 1.87. The number of hydrogen-bond acceptors (Lipinski definition) is 2. The largest absolute Gasteiger partial charge is 0.481 e. The third-order valence-corrected chi connectivity index (χ3v) is 3.11. The standard InChI is InChI=1S/C17H18FNO2/c1-3-13-7-9-15(10-8-13)19-17(20)12(2)21-16-6-4-5-14(18)11-16/h4-12H,3H2,1-2H3,(H,19,20). The molecule has 2 aromatic carbocycles. The Morgan fingerprint density at radius 1 is 1.24 bits per heavy atom. The molecule has 1 N–H and O–H groups in total. The Balaban J connectivity index is 1.95. The lowest BCUT2D eigenvalue weighted by Crippen LogP contribution is -2.30. The van der Waals surface area contributed by atoms with Crippen LogP contribution in [0.5, 0.6) is 5.75 Å². The van der Waals surface area contributed by atoms with E-state index < -0.39 is 11.9 Å². The molecular weight excluding hydrogens is 269 g/mol. The minimum Gasteiger partial charge on any atom is -0.481 e. The van der Waals surface area contributed by atoms with Gasteiger partial charge in [-0.3, -0.25) is 4.79 Å². The summed E-state index contributed by atoms with van der Waals surface area (Å²) >= 11 is 0. The van der Waals surface area contributed by atoms with E-state index >= 15 is 0 Å². The third kappa shape index (κ3) is 4.31. The van der Waals surface area contributed by atoms with Crippen molar-refractivity contribution in [3.63, 3.8) is 0 Å². The van der Waals surface area contributed by atoms with Gasteiger partial charge in [0.05, 0.1) is 0 Å². The van der Waals surface area contributed by atoms with Crippen LogP contribution in [0.4, 0.5) is 10.1 Å². The fourth-order valence-electron chi connectivity index (χ4n) is 1.87. The molecule has 0 spiro atoms. The van der Waals surface area contributed by atoms with Crippen molar-refractivity contribution in [1.82, 2.24) is 0 Å². The highest BCUT2D eigenvalue weighted by atomic mass is 19.1. The number of amides is 1. The second-order valence-corrected chi connectivity index (χ2v) is 4.76. The first-order chi connectivity index (χ1) is 10.1. The second kappa shape index (κ2) is 6.88. The second-order valence-electron chi connectivity index (χ2n) is 4.76. The van der Waals surface area contributed by atoms with Gasteiger partial charge in [-0.1, -0.05) is 25.1 Å². The summed E-state index contributed by atoms with van der Waals surface area (Å²) in [4.78, 5) is 12.0. The molecule has 4 heteroatoms. The van der Waals surface area contributed by atoms with Crippen LogP contribution >= 0.6 is 0 Å². The van der Waals surface area contributed by atoms with Gasteiger partial charge in [-0.2, -0.15) is 0 Å². The Labute approximate surface area is 123 Å². The zero-order chi connectivity index (χ0) is 15.2. The number of halogens is 1. The predicted molar refractivity (Wildman–Crippen MR) is 80.9 cm³/mol. The molecule has 2 aromatic rings. The van der Waals surface area contributed by atoms with Crippen molar-refractivity contribution < 1.29 is 13.9 Å². The minimum atomic E-state index is -0.711. The highest BCUT2D eigenvalue weighted by Crippen LogP contribution is 2.15. The van der Waals surface area contributed by atoms with E-state index in [0.29, 0.717) is 11.4 Å². The van der Waals surface area contributed by atoms with Crippen LogP contribution in [0.25, 0.3) is 0 Å². The summed E-state index contributed by atoms with van der Waals surface area (Å²) in [5.41, 5.74) is 1.92. The lowest BCUT2D eigenvalue weighted by molar-refractivity contribution is -0.122. The maximum absolute atomic E-state index is 13.1. The molecule has 0 aromatic heterocycles. The van der Waals surface area contributed by atoms with Gasteiger partial charge in [0.25, 0.3) is 5.91 Å². The molecule has 0 radical (unpaired) electrons. The molecule has 21 heavy (non-hydrogen) atoms. The van der Waals surface area contributed by atoms with E-state index in [1.54, 1.807) is 19.1 Å². The van der Waals surface area contributed by atoms with Gasteiger partial charge in [0.1, 0.15) is 11.6 Å². The summed E-state index contributed by atoms with van der Waals surface area (Å²) < 4.78 is 18.5. The van der Waals surface area contributed by atoms with Gasteiger partial charge in [-0.05, 0) is 43.2 Å². The Hall–Kier alpha value is -2.36. The molecule has 2 rings (SSSR count). The minimum absolute atomic E-state index is 0.275. The van der Waals surface area contributed by atoms with Crippen LogP contribution in [-0.2, 0) is 11.2 Å². The summed E-state index contributed by atoms with van der Waals surface area (Å²) in [5.74, 6) is -0.335. The molecule has 0 aliphatic rings. The van der Waals surface area contributed by atoms with Gasteiger partial charge in [0.15, 0.2) is 6.10 Å². The highest BCUT2D eigenvalue weighted by Gasteiger charge is 2.15. The van der Waals surface area contributed by atoms with Crippen molar-refractivity contribution in [3.8, 4) is 5.75 Å². The van der Waals surface area contributed by atoms with E-state index in [1.807, 2.05) is 24.3 Å². The van der Waals surface area contributed by atoms with Gasteiger partial charge < -0.3 is 10.1 Å². The van der Waals surface area contributed by atoms with Crippen LogP contribution in [0.1, 0.15) is 19.4 Å². The van der Waals surface area contributed by atoms with E-state index in [2.05, 4.69) is 12.2 Å². The maximum atomic E-state index is 13.1. The smallest absolute Gasteiger partial charge is 0.265 e. The van der Waals surface area contributed by atoms with Crippen LogP contribution < -0.4 is 10.1 Å². The molecule has 0 aliphatic heterocycles. The summed E-state index contributed by atoms with van der Waals surface area (Å²) in [5, 5.41) is 2.77. The zero-order valence-corrected chi connectivity index (χ0v) is 12.1. The summed E-state index contributed by atoms with van der Waals surface area (Å²) in [6, 6.07) is 13.4. The number of anilines is 1. The maximum Gasteiger partial charge on any atom is 0.265 e. The number of aryl methyl sites for hydroxylation is 1. The number of carbonyl (C=O) groups is 1. The molecule has 0 fully saturated rings. The van der Waals surface area contributed by atoms with Crippen LogP contribution in [0.15, 0.2) is 48.5 Å². The van der Waals surface area contributed by atoms with Gasteiger partial charge in [-0.15, -0.1) is 0 Å². The fraction of sp³-hybridized carbons (Fsp3) is 0.235. The van der Waals surface area contributed by atoms with Crippen molar-refractivity contribution in [2.75, 3.05) is 5.32 Å². The first-order valence-electron chi connectivity index (χ1n) is 6.90. The molecule has 0 saturated heterocycles. The quantitative estimate of drug-likeness (QED) is 0.908. The van der Waals surface area contributed by atoms with Crippen molar-refractivity contribution in [2.45, 2.75) is 26.4 Å². The van der Waals surface area contributed by atoms with E-state index in [-0.39, 0.29) is 5.91 Å². The van der Waals surface area contributed by atoms with E-state index in [9.17, 15) is 9.18 Å². The number of benzene rings is 2. The SMILES string of the molecule is CCc1ccc(NC(=O)C(C)Oc2cccc(F)c2)cc1. The third-order valence-electron chi connectivity index (χ3n) is 3.11. The predicted octanol–water partition coefficient (Wildman–Crippen LogP) is 3.79. The average Bonchev–Trinajstić information content (AvgIpc) is 2.48. The molecule has 1 atom stereocenters. The summed E-state index contributed by atoms with van der Waals surface area (Å²) in [7, 11) is 0. The van der Waals surface area contributed by atoms with Crippen LogP contribution in [0.3, 0.4) is 0 Å². The van der Waals surface area contributed by atoms with Crippen molar-refractivity contribution in [3.05, 3.63) is 59.9 Å². The Kier molecular flexibility index (Phi) is 4.93. The van der Waals surface area contributed by atoms with Crippen molar-refractivity contribution in [2.24, 2.45) is 0 Å². The van der Waals surface area contributed by atoms with Gasteiger partial charge >= 0.3 is 0 Å². The average molecular weight is 287 g/mol. The molecule has 0 saturated carbocycles. The zero-order valence-electron chi connectivity index (χ0n) is 12.1. The van der Waals surface area contributed by atoms with Crippen LogP contribution in [-0.4, -0.2) is 12.0 Å². The summed E-state index contributed by atoms with van der Waals surface area (Å²) in [6.45, 7) is 3.70. The first-order valence-corrected chi connectivity index (χ1v) is 6.90. The molecule has 0 heterocycles. The molecule has 1 unspecified atom stereocenters. The lowest BCUT2D eigenvalue weighted by atomic mass is 10.1. The van der Waals surface area contributed by atoms with Crippen molar-refractivity contribution in [1.29, 1.82) is 0 Å². The normalized spacial score (nSPS) is 11.8. The monoisotopic (exact) mass is 287 g/mol. The summed E-state index contributed by atoms with van der Waals surface area (Å²) in [6.07, 6.45) is 0.241. The number of ether oxygens (including phenoxy) is 1. The van der Waals surface area contributed by atoms with Crippen LogP contribution in [0.2, 0.25) is 0 Å². The highest BCUT2D eigenvalue weighted by molar-refractivity contribution is 5.94. The Morgan fingerprint density at radius 2 is 1.95 bits per heavy atom. The first kappa shape index (κ1) is 15.0. The molecule has 1 amide bonds. The number of carbonyl (C=O) groups excluding carboxylic acids is 1. The van der Waals surface area contributed by atoms with Gasteiger partial charge in [-0.25, -0.2) is 4.39 Å². The van der Waals surface area contributed by atoms with Gasteiger partial charge in [0, 0.05) is 11.8 Å². The van der Waals surface area contributed by atoms with Gasteiger partial charge in [0.2, 0.25) is 0 Å². The van der Waals surface area contributed by atoms with E-state index in [4.69, 9.17) is 4.74 Å². The number of nitrogens with one attached hydrogen (secondary N) is 1. The van der Waals surface area contributed by atoms with Crippen molar-refractivity contribution >= 4 is 11.6 Å². The Morgan fingerprint density at radius 3 is 2.57 bits per heavy atom. The molecule has 3 nitrogen and oxygen atoms in total. The Bertz CT molecular complexity index is 610. The van der Waals surface area contributed by atoms with Crippen LogP contribution in [0, 0.1) is 5.82 Å². The lowest BCUT2D eigenvalue weighted by Gasteiger charge is -2.15. The number of rotatable bonds is 5. The topological polar surface area (TPSA) is 38.3 Å². The molecule has 0 aliphatic carbocycles. The number of hydrogen-bond donors (Lipinski definition) is 1. The van der Waals surface area contributed by atoms with E-state index in [0.717, 1.165) is 6.42 Å². The van der Waals surface area contributed by atoms with E-state index in [1.165, 1.54) is 17.7 Å². The molecule has 0 bridgehead atoms. The molecule has 110 valence electrons.